The van der Waals surface area contributed by atoms with E-state index in [-0.39, 0.29) is 17.4 Å². The molecule has 1 aliphatic heterocycles. The largest absolute Gasteiger partial charge is 0.497 e. The van der Waals surface area contributed by atoms with Gasteiger partial charge in [0.2, 0.25) is 10.0 Å². The summed E-state index contributed by atoms with van der Waals surface area (Å²) in [4.78, 5) is 16.8. The predicted molar refractivity (Wildman–Crippen MR) is 112 cm³/mol. The first-order valence-electron chi connectivity index (χ1n) is 10.0. The molecule has 1 fully saturated rings. The zero-order valence-corrected chi connectivity index (χ0v) is 18.1. The van der Waals surface area contributed by atoms with Crippen LogP contribution in [0, 0.1) is 5.92 Å². The van der Waals surface area contributed by atoms with Gasteiger partial charge in [-0.15, -0.1) is 0 Å². The van der Waals surface area contributed by atoms with E-state index in [1.165, 1.54) is 19.2 Å². The number of aromatic nitrogens is 1. The van der Waals surface area contributed by atoms with Crippen LogP contribution < -0.4 is 10.2 Å². The van der Waals surface area contributed by atoms with Crippen LogP contribution in [-0.4, -0.2) is 55.2 Å². The van der Waals surface area contributed by atoms with E-state index in [1.54, 1.807) is 42.1 Å². The Hall–Kier alpha value is -2.53. The first kappa shape index (κ1) is 23.1. The summed E-state index contributed by atoms with van der Waals surface area (Å²) in [5.41, 5.74) is 2.35. The van der Waals surface area contributed by atoms with E-state index in [9.17, 15) is 18.4 Å². The van der Waals surface area contributed by atoms with Crippen LogP contribution in [-0.2, 0) is 26.1 Å². The molecule has 2 aromatic rings. The minimum Gasteiger partial charge on any atom is -0.497 e. The van der Waals surface area contributed by atoms with E-state index in [0.717, 1.165) is 4.31 Å². The number of carbonyl (C=O) groups is 1. The number of sulfonamides is 1. The van der Waals surface area contributed by atoms with Gasteiger partial charge in [0.1, 0.15) is 11.8 Å². The van der Waals surface area contributed by atoms with Crippen LogP contribution in [0.25, 0.3) is 0 Å². The second-order valence-electron chi connectivity index (χ2n) is 7.31. The third-order valence-corrected chi connectivity index (χ3v) is 7.23. The first-order valence-corrected chi connectivity index (χ1v) is 11.5. The third-order valence-electron chi connectivity index (χ3n) is 5.39. The Morgan fingerprint density at radius 1 is 1.23 bits per heavy atom. The van der Waals surface area contributed by atoms with Crippen molar-refractivity contribution in [2.75, 3.05) is 20.3 Å². The molecule has 0 saturated carbocycles. The highest BCUT2D eigenvalue weighted by molar-refractivity contribution is 7.89. The maximum Gasteiger partial charge on any atom is 0.262 e. The van der Waals surface area contributed by atoms with E-state index in [2.05, 4.69) is 4.98 Å². The summed E-state index contributed by atoms with van der Waals surface area (Å²) in [5, 5.41) is 9.45. The Bertz CT molecular complexity index is 945. The summed E-state index contributed by atoms with van der Waals surface area (Å²) in [7, 11) is -2.60. The minimum absolute atomic E-state index is 0.0305. The fourth-order valence-electron chi connectivity index (χ4n) is 3.77. The van der Waals surface area contributed by atoms with Gasteiger partial charge >= 0.3 is 0 Å². The number of rotatable bonds is 8. The molecule has 168 valence electrons. The van der Waals surface area contributed by atoms with Gasteiger partial charge in [-0.1, -0.05) is 0 Å². The number of methoxy groups -OCH3 is 1. The van der Waals surface area contributed by atoms with Crippen LogP contribution >= 0.6 is 0 Å². The SMILES string of the molecule is COc1ccc(S(=O)(=O)N(Cc2ccncc2)C(C(=O)NO)C2CCCOCC2)cc1. The summed E-state index contributed by atoms with van der Waals surface area (Å²) in [6, 6.07) is 8.28. The molecule has 0 bridgehead atoms. The van der Waals surface area contributed by atoms with Crippen molar-refractivity contribution in [2.45, 2.75) is 36.7 Å². The topological polar surface area (TPSA) is 118 Å². The maximum absolute atomic E-state index is 13.7. The summed E-state index contributed by atoms with van der Waals surface area (Å²) in [6.07, 6.45) is 4.93. The van der Waals surface area contributed by atoms with Crippen LogP contribution in [0.5, 0.6) is 5.75 Å². The Labute approximate surface area is 182 Å². The van der Waals surface area contributed by atoms with Gasteiger partial charge in [-0.3, -0.25) is 15.0 Å². The lowest BCUT2D eigenvalue weighted by molar-refractivity contribution is -0.135. The molecule has 0 radical (unpaired) electrons. The zero-order valence-electron chi connectivity index (χ0n) is 17.3. The van der Waals surface area contributed by atoms with Gasteiger partial charge in [-0.25, -0.2) is 13.9 Å². The molecule has 0 spiro atoms. The van der Waals surface area contributed by atoms with Gasteiger partial charge in [0, 0.05) is 32.2 Å². The van der Waals surface area contributed by atoms with E-state index in [4.69, 9.17) is 9.47 Å². The molecule has 9 nitrogen and oxygen atoms in total. The standard InChI is InChI=1S/C21H27N3O6S/c1-29-18-4-6-19(7-5-18)31(27,28)24(15-16-8-11-22-12-9-16)20(21(25)23-26)17-3-2-13-30-14-10-17/h4-9,11-12,17,20,26H,2-3,10,13-15H2,1H3,(H,23,25). The fourth-order valence-corrected chi connectivity index (χ4v) is 5.41. The molecule has 1 saturated heterocycles. The number of pyridine rings is 1. The van der Waals surface area contributed by atoms with Crippen LogP contribution in [0.4, 0.5) is 0 Å². The first-order chi connectivity index (χ1) is 15.0. The number of hydrogen-bond donors (Lipinski definition) is 2. The lowest BCUT2D eigenvalue weighted by Crippen LogP contribution is -2.52. The number of benzene rings is 1. The number of nitrogens with zero attached hydrogens (tertiary/aromatic N) is 2. The summed E-state index contributed by atoms with van der Waals surface area (Å²) < 4.78 is 39.2. The molecule has 2 heterocycles. The van der Waals surface area contributed by atoms with Gasteiger partial charge in [0.05, 0.1) is 12.0 Å². The molecule has 2 N–H and O–H groups in total. The van der Waals surface area contributed by atoms with Crippen molar-refractivity contribution in [3.05, 3.63) is 54.4 Å². The van der Waals surface area contributed by atoms with E-state index >= 15 is 0 Å². The summed E-state index contributed by atoms with van der Waals surface area (Å²) in [6.45, 7) is 0.928. The Kier molecular flexibility index (Phi) is 7.97. The summed E-state index contributed by atoms with van der Waals surface area (Å²) in [5.74, 6) is -0.562. The number of hydroxylamine groups is 1. The summed E-state index contributed by atoms with van der Waals surface area (Å²) >= 11 is 0. The van der Waals surface area contributed by atoms with Crippen LogP contribution in [0.3, 0.4) is 0 Å². The molecule has 31 heavy (non-hydrogen) atoms. The van der Waals surface area contributed by atoms with Crippen molar-refractivity contribution in [1.29, 1.82) is 0 Å². The molecule has 1 aromatic carbocycles. The number of carbonyl (C=O) groups excluding carboxylic acids is 1. The molecular weight excluding hydrogens is 422 g/mol. The lowest BCUT2D eigenvalue weighted by atomic mass is 9.91. The van der Waals surface area contributed by atoms with Gasteiger partial charge in [0.15, 0.2) is 0 Å². The predicted octanol–water partition coefficient (Wildman–Crippen LogP) is 1.97. The van der Waals surface area contributed by atoms with Crippen molar-refractivity contribution in [3.8, 4) is 5.75 Å². The number of amides is 1. The highest BCUT2D eigenvalue weighted by Gasteiger charge is 2.41. The normalized spacial score (nSPS) is 18.2. The maximum atomic E-state index is 13.7. The van der Waals surface area contributed by atoms with Gasteiger partial charge in [0.25, 0.3) is 5.91 Å². The third kappa shape index (κ3) is 5.59. The van der Waals surface area contributed by atoms with Crippen molar-refractivity contribution >= 4 is 15.9 Å². The van der Waals surface area contributed by atoms with Crippen molar-refractivity contribution in [3.63, 3.8) is 0 Å². The van der Waals surface area contributed by atoms with Crippen molar-refractivity contribution in [2.24, 2.45) is 5.92 Å². The Balaban J connectivity index is 2.06. The minimum atomic E-state index is -4.10. The number of ether oxygens (including phenoxy) is 2. The smallest absolute Gasteiger partial charge is 0.262 e. The zero-order chi connectivity index (χ0) is 22.3. The quantitative estimate of drug-likeness (QED) is 0.467. The van der Waals surface area contributed by atoms with E-state index in [1.807, 2.05) is 0 Å². The molecular formula is C21H27N3O6S. The van der Waals surface area contributed by atoms with Crippen LogP contribution in [0.2, 0.25) is 0 Å². The van der Waals surface area contributed by atoms with Crippen molar-refractivity contribution < 1.29 is 27.9 Å². The monoisotopic (exact) mass is 449 g/mol. The molecule has 3 rings (SSSR count). The second-order valence-corrected chi connectivity index (χ2v) is 9.20. The lowest BCUT2D eigenvalue weighted by Gasteiger charge is -2.34. The van der Waals surface area contributed by atoms with E-state index < -0.39 is 22.0 Å². The molecule has 2 unspecified atom stereocenters. The average molecular weight is 450 g/mol. The highest BCUT2D eigenvalue weighted by Crippen LogP contribution is 2.30. The average Bonchev–Trinajstić information content (AvgIpc) is 3.08. The van der Waals surface area contributed by atoms with Gasteiger partial charge < -0.3 is 9.47 Å². The van der Waals surface area contributed by atoms with E-state index in [0.29, 0.717) is 43.8 Å². The highest BCUT2D eigenvalue weighted by atomic mass is 32.2. The van der Waals surface area contributed by atoms with Crippen molar-refractivity contribution in [1.82, 2.24) is 14.8 Å². The second kappa shape index (κ2) is 10.7. The van der Waals surface area contributed by atoms with Crippen LogP contribution in [0.1, 0.15) is 24.8 Å². The molecule has 1 aliphatic rings. The molecule has 1 aromatic heterocycles. The molecule has 0 aliphatic carbocycles. The Morgan fingerprint density at radius 3 is 2.58 bits per heavy atom. The van der Waals surface area contributed by atoms with Gasteiger partial charge in [-0.2, -0.15) is 4.31 Å². The van der Waals surface area contributed by atoms with Crippen LogP contribution in [0.15, 0.2) is 53.7 Å². The van der Waals surface area contributed by atoms with Gasteiger partial charge in [-0.05, 0) is 67.1 Å². The number of hydrogen-bond acceptors (Lipinski definition) is 7. The number of nitrogens with one attached hydrogen (secondary N) is 1. The fraction of sp³-hybridized carbons (Fsp3) is 0.429. The molecule has 2 atom stereocenters. The molecule has 1 amide bonds. The molecule has 10 heteroatoms. The Morgan fingerprint density at radius 2 is 1.94 bits per heavy atom.